The summed E-state index contributed by atoms with van der Waals surface area (Å²) >= 11 is 0. The highest BCUT2D eigenvalue weighted by atomic mass is 16.2. The van der Waals surface area contributed by atoms with Gasteiger partial charge in [0.1, 0.15) is 0 Å². The van der Waals surface area contributed by atoms with Crippen molar-refractivity contribution < 1.29 is 9.59 Å². The number of rotatable bonds is 7. The molecule has 24 heavy (non-hydrogen) atoms. The molecule has 0 aliphatic carbocycles. The number of para-hydroxylation sites is 1. The lowest BCUT2D eigenvalue weighted by molar-refractivity contribution is -0.119. The average Bonchev–Trinajstić information content (AvgIpc) is 2.62. The van der Waals surface area contributed by atoms with Crippen LogP contribution in [0.4, 0.5) is 5.69 Å². The number of benzene rings is 2. The molecule has 0 spiro atoms. The van der Waals surface area contributed by atoms with Crippen molar-refractivity contribution in [3.8, 4) is 0 Å². The van der Waals surface area contributed by atoms with E-state index in [0.717, 1.165) is 12.8 Å². The lowest BCUT2D eigenvalue weighted by atomic mass is 10.1. The largest absolute Gasteiger partial charge is 0.352 e. The Bertz CT molecular complexity index is 683. The second-order valence-corrected chi connectivity index (χ2v) is 5.84. The molecule has 1 unspecified atom stereocenters. The van der Waals surface area contributed by atoms with E-state index < -0.39 is 0 Å². The Morgan fingerprint density at radius 1 is 1.00 bits per heavy atom. The maximum Gasteiger partial charge on any atom is 0.253 e. The lowest BCUT2D eigenvalue weighted by Gasteiger charge is -2.14. The van der Waals surface area contributed by atoms with E-state index >= 15 is 0 Å². The number of amides is 2. The second kappa shape index (κ2) is 8.87. The monoisotopic (exact) mass is 324 g/mol. The van der Waals surface area contributed by atoms with Crippen LogP contribution in [0, 0.1) is 5.92 Å². The Balaban J connectivity index is 1.97. The van der Waals surface area contributed by atoms with Crippen LogP contribution in [-0.2, 0) is 11.2 Å². The van der Waals surface area contributed by atoms with Crippen molar-refractivity contribution >= 4 is 17.5 Å². The van der Waals surface area contributed by atoms with E-state index in [4.69, 9.17) is 0 Å². The SMILES string of the molecule is CCC(C)C(=O)Nc1ccccc1C(=O)NCCc1ccccc1. The number of hydrogen-bond donors (Lipinski definition) is 2. The molecule has 4 nitrogen and oxygen atoms in total. The van der Waals surface area contributed by atoms with Crippen LogP contribution in [0.3, 0.4) is 0 Å². The molecule has 0 radical (unpaired) electrons. The molecule has 0 aliphatic heterocycles. The molecule has 2 aromatic carbocycles. The van der Waals surface area contributed by atoms with Gasteiger partial charge in [0.05, 0.1) is 11.3 Å². The number of carbonyl (C=O) groups excluding carboxylic acids is 2. The summed E-state index contributed by atoms with van der Waals surface area (Å²) in [7, 11) is 0. The number of anilines is 1. The first-order chi connectivity index (χ1) is 11.6. The molecule has 4 heteroatoms. The van der Waals surface area contributed by atoms with E-state index in [2.05, 4.69) is 10.6 Å². The predicted octanol–water partition coefficient (Wildman–Crippen LogP) is 3.64. The summed E-state index contributed by atoms with van der Waals surface area (Å²) in [6.45, 7) is 4.39. The van der Waals surface area contributed by atoms with E-state index in [1.165, 1.54) is 5.56 Å². The Morgan fingerprint density at radius 3 is 2.38 bits per heavy atom. The molecule has 0 fully saturated rings. The van der Waals surface area contributed by atoms with Crippen LogP contribution in [0.2, 0.25) is 0 Å². The summed E-state index contributed by atoms with van der Waals surface area (Å²) in [6.07, 6.45) is 1.53. The first-order valence-electron chi connectivity index (χ1n) is 8.33. The highest BCUT2D eigenvalue weighted by Gasteiger charge is 2.15. The molecule has 2 rings (SSSR count). The van der Waals surface area contributed by atoms with Crippen molar-refractivity contribution in [2.45, 2.75) is 26.7 Å². The van der Waals surface area contributed by atoms with Gasteiger partial charge in [-0.25, -0.2) is 0 Å². The maximum absolute atomic E-state index is 12.4. The molecule has 0 saturated carbocycles. The van der Waals surface area contributed by atoms with Crippen molar-refractivity contribution in [1.82, 2.24) is 5.32 Å². The smallest absolute Gasteiger partial charge is 0.253 e. The van der Waals surface area contributed by atoms with Crippen LogP contribution in [0.1, 0.15) is 36.2 Å². The molecule has 1 atom stereocenters. The van der Waals surface area contributed by atoms with Gasteiger partial charge in [0.15, 0.2) is 0 Å². The highest BCUT2D eigenvalue weighted by Crippen LogP contribution is 2.16. The fourth-order valence-electron chi connectivity index (χ4n) is 2.29. The fraction of sp³-hybridized carbons (Fsp3) is 0.300. The van der Waals surface area contributed by atoms with Crippen molar-refractivity contribution in [2.24, 2.45) is 5.92 Å². The topological polar surface area (TPSA) is 58.2 Å². The van der Waals surface area contributed by atoms with Crippen molar-refractivity contribution in [3.63, 3.8) is 0 Å². The van der Waals surface area contributed by atoms with Gasteiger partial charge in [0, 0.05) is 12.5 Å². The minimum atomic E-state index is -0.175. The summed E-state index contributed by atoms with van der Waals surface area (Å²) < 4.78 is 0. The third-order valence-corrected chi connectivity index (χ3v) is 4.03. The Labute approximate surface area is 143 Å². The zero-order chi connectivity index (χ0) is 17.4. The first kappa shape index (κ1) is 17.7. The van der Waals surface area contributed by atoms with Crippen LogP contribution in [-0.4, -0.2) is 18.4 Å². The number of nitrogens with one attached hydrogen (secondary N) is 2. The molecule has 0 aromatic heterocycles. The quantitative estimate of drug-likeness (QED) is 0.817. The third kappa shape index (κ3) is 4.95. The van der Waals surface area contributed by atoms with Gasteiger partial charge in [0.2, 0.25) is 5.91 Å². The molecule has 2 amide bonds. The van der Waals surface area contributed by atoms with Crippen LogP contribution >= 0.6 is 0 Å². The van der Waals surface area contributed by atoms with Gasteiger partial charge in [-0.2, -0.15) is 0 Å². The summed E-state index contributed by atoms with van der Waals surface area (Å²) in [5, 5.41) is 5.76. The molecule has 126 valence electrons. The van der Waals surface area contributed by atoms with Crippen molar-refractivity contribution in [1.29, 1.82) is 0 Å². The summed E-state index contributed by atoms with van der Waals surface area (Å²) in [6, 6.07) is 17.1. The summed E-state index contributed by atoms with van der Waals surface area (Å²) in [4.78, 5) is 24.5. The molecular weight excluding hydrogens is 300 g/mol. The Kier molecular flexibility index (Phi) is 6.55. The van der Waals surface area contributed by atoms with Crippen molar-refractivity contribution in [3.05, 3.63) is 65.7 Å². The van der Waals surface area contributed by atoms with E-state index in [0.29, 0.717) is 17.8 Å². The third-order valence-electron chi connectivity index (χ3n) is 4.03. The minimum Gasteiger partial charge on any atom is -0.352 e. The minimum absolute atomic E-state index is 0.0676. The highest BCUT2D eigenvalue weighted by molar-refractivity contribution is 6.04. The molecule has 0 bridgehead atoms. The van der Waals surface area contributed by atoms with Crippen LogP contribution in [0.25, 0.3) is 0 Å². The molecule has 0 saturated heterocycles. The summed E-state index contributed by atoms with van der Waals surface area (Å²) in [5.74, 6) is -0.327. The maximum atomic E-state index is 12.4. The van der Waals surface area contributed by atoms with Gasteiger partial charge < -0.3 is 10.6 Å². The van der Waals surface area contributed by atoms with Crippen LogP contribution < -0.4 is 10.6 Å². The Morgan fingerprint density at radius 2 is 1.67 bits per heavy atom. The molecule has 0 heterocycles. The standard InChI is InChI=1S/C20H24N2O2/c1-3-15(2)19(23)22-18-12-8-7-11-17(18)20(24)21-14-13-16-9-5-4-6-10-16/h4-12,15H,3,13-14H2,1-2H3,(H,21,24)(H,22,23). The predicted molar refractivity (Wildman–Crippen MR) is 97.0 cm³/mol. The van der Waals surface area contributed by atoms with Crippen LogP contribution in [0.15, 0.2) is 54.6 Å². The van der Waals surface area contributed by atoms with Crippen LogP contribution in [0.5, 0.6) is 0 Å². The first-order valence-corrected chi connectivity index (χ1v) is 8.33. The zero-order valence-electron chi connectivity index (χ0n) is 14.2. The van der Waals surface area contributed by atoms with E-state index in [-0.39, 0.29) is 17.7 Å². The van der Waals surface area contributed by atoms with Gasteiger partial charge in [-0.1, -0.05) is 56.3 Å². The van der Waals surface area contributed by atoms with E-state index in [1.54, 1.807) is 18.2 Å². The second-order valence-electron chi connectivity index (χ2n) is 5.84. The van der Waals surface area contributed by atoms with Gasteiger partial charge in [-0.3, -0.25) is 9.59 Å². The van der Waals surface area contributed by atoms with Gasteiger partial charge >= 0.3 is 0 Å². The summed E-state index contributed by atoms with van der Waals surface area (Å²) in [5.41, 5.74) is 2.22. The zero-order valence-corrected chi connectivity index (χ0v) is 14.2. The number of hydrogen-bond acceptors (Lipinski definition) is 2. The van der Waals surface area contributed by atoms with Crippen molar-refractivity contribution in [2.75, 3.05) is 11.9 Å². The molecule has 2 N–H and O–H groups in total. The molecule has 2 aromatic rings. The fourth-order valence-corrected chi connectivity index (χ4v) is 2.29. The van der Waals surface area contributed by atoms with E-state index in [1.807, 2.05) is 50.2 Å². The Hall–Kier alpha value is -2.62. The average molecular weight is 324 g/mol. The van der Waals surface area contributed by atoms with Gasteiger partial charge in [-0.05, 0) is 30.5 Å². The molecule has 0 aliphatic rings. The lowest BCUT2D eigenvalue weighted by Crippen LogP contribution is -2.28. The number of carbonyl (C=O) groups is 2. The van der Waals surface area contributed by atoms with Gasteiger partial charge in [0.25, 0.3) is 5.91 Å². The normalized spacial score (nSPS) is 11.6. The molecular formula is C20H24N2O2. The van der Waals surface area contributed by atoms with Gasteiger partial charge in [-0.15, -0.1) is 0 Å². The van der Waals surface area contributed by atoms with E-state index in [9.17, 15) is 9.59 Å².